The maximum absolute atomic E-state index is 11.8. The van der Waals surface area contributed by atoms with Gasteiger partial charge in [-0.3, -0.25) is 14.9 Å². The number of hydrazone groups is 1. The third-order valence-corrected chi connectivity index (χ3v) is 4.43. The number of hydrogen-bond donors (Lipinski definition) is 1. The number of ether oxygens (including phenoxy) is 1. The number of carbonyl (C=O) groups is 1. The van der Waals surface area contributed by atoms with Gasteiger partial charge in [0.2, 0.25) is 5.91 Å². The van der Waals surface area contributed by atoms with Gasteiger partial charge in [-0.05, 0) is 29.8 Å². The molecule has 0 fully saturated rings. The van der Waals surface area contributed by atoms with Crippen LogP contribution in [0.1, 0.15) is 11.1 Å². The number of amides is 1. The highest BCUT2D eigenvalue weighted by Gasteiger charge is 2.14. The van der Waals surface area contributed by atoms with Gasteiger partial charge < -0.3 is 4.74 Å². The summed E-state index contributed by atoms with van der Waals surface area (Å²) in [5.41, 5.74) is 3.73. The predicted octanol–water partition coefficient (Wildman–Crippen LogP) is 3.64. The fourth-order valence-corrected chi connectivity index (χ4v) is 3.01. The Morgan fingerprint density at radius 3 is 2.88 bits per heavy atom. The maximum Gasteiger partial charge on any atom is 0.311 e. The zero-order chi connectivity index (χ0) is 18.9. The molecule has 0 aliphatic carbocycles. The number of nitro benzene ring substituents is 1. The van der Waals surface area contributed by atoms with E-state index in [1.54, 1.807) is 12.1 Å². The molecule has 0 saturated carbocycles. The zero-order valence-electron chi connectivity index (χ0n) is 13.8. The minimum atomic E-state index is -0.540. The first-order valence-corrected chi connectivity index (χ1v) is 8.99. The summed E-state index contributed by atoms with van der Waals surface area (Å²) < 4.78 is 4.93. The Morgan fingerprint density at radius 2 is 2.19 bits per heavy atom. The zero-order valence-corrected chi connectivity index (χ0v) is 15.4. The molecular weight excluding hydrogens is 378 g/mol. The van der Waals surface area contributed by atoms with Gasteiger partial charge in [0, 0.05) is 22.4 Å². The molecule has 0 aliphatic heterocycles. The van der Waals surface area contributed by atoms with Crippen LogP contribution in [0, 0.1) is 10.1 Å². The van der Waals surface area contributed by atoms with Crippen molar-refractivity contribution in [1.29, 1.82) is 0 Å². The van der Waals surface area contributed by atoms with Crippen molar-refractivity contribution in [2.24, 2.45) is 5.10 Å². The topological polar surface area (TPSA) is 93.8 Å². The summed E-state index contributed by atoms with van der Waals surface area (Å²) in [6.07, 6.45) is 1.34. The van der Waals surface area contributed by atoms with Gasteiger partial charge in [-0.25, -0.2) is 5.43 Å². The van der Waals surface area contributed by atoms with E-state index in [0.29, 0.717) is 16.3 Å². The summed E-state index contributed by atoms with van der Waals surface area (Å²) in [5, 5.41) is 15.4. The number of nitrogens with zero attached hydrogens (tertiary/aromatic N) is 2. The molecule has 2 aromatic carbocycles. The van der Waals surface area contributed by atoms with Crippen molar-refractivity contribution >= 4 is 41.2 Å². The number of benzene rings is 2. The van der Waals surface area contributed by atoms with E-state index in [1.165, 1.54) is 37.2 Å². The highest BCUT2D eigenvalue weighted by Crippen LogP contribution is 2.26. The van der Waals surface area contributed by atoms with E-state index in [0.717, 1.165) is 5.56 Å². The molecule has 26 heavy (non-hydrogen) atoms. The molecule has 0 heterocycles. The number of thioether (sulfide) groups is 1. The van der Waals surface area contributed by atoms with Crippen molar-refractivity contribution in [3.8, 4) is 5.75 Å². The Bertz CT molecular complexity index is 829. The fraction of sp³-hybridized carbons (Fsp3) is 0.176. The molecule has 0 bridgehead atoms. The molecule has 9 heteroatoms. The van der Waals surface area contributed by atoms with Gasteiger partial charge in [0.05, 0.1) is 24.0 Å². The molecule has 0 radical (unpaired) electrons. The van der Waals surface area contributed by atoms with E-state index in [9.17, 15) is 14.9 Å². The maximum atomic E-state index is 11.8. The number of nitro groups is 1. The van der Waals surface area contributed by atoms with Crippen LogP contribution >= 0.6 is 23.4 Å². The minimum absolute atomic E-state index is 0.161. The summed E-state index contributed by atoms with van der Waals surface area (Å²) >= 11 is 7.34. The Balaban J connectivity index is 1.83. The van der Waals surface area contributed by atoms with Crippen molar-refractivity contribution in [2.75, 3.05) is 12.9 Å². The molecule has 0 aliphatic rings. The standard InChI is InChI=1S/C17H16ClN3O4S/c1-25-16-6-5-12(8-15(16)21(23)24)9-19-20-17(22)11-26-10-13-3-2-4-14(18)7-13/h2-9H,10-11H2,1H3,(H,20,22)/b19-9+. The summed E-state index contributed by atoms with van der Waals surface area (Å²) in [7, 11) is 1.36. The molecule has 2 aromatic rings. The lowest BCUT2D eigenvalue weighted by Gasteiger charge is -2.03. The van der Waals surface area contributed by atoms with Crippen LogP contribution in [0.4, 0.5) is 5.69 Å². The van der Waals surface area contributed by atoms with E-state index in [1.807, 2.05) is 18.2 Å². The quantitative estimate of drug-likeness (QED) is 0.419. The second-order valence-corrected chi connectivity index (χ2v) is 6.53. The first kappa shape index (κ1) is 19.7. The van der Waals surface area contributed by atoms with Crippen molar-refractivity contribution in [1.82, 2.24) is 5.43 Å². The lowest BCUT2D eigenvalue weighted by Crippen LogP contribution is -2.19. The van der Waals surface area contributed by atoms with Crippen LogP contribution in [0.15, 0.2) is 47.6 Å². The second-order valence-electron chi connectivity index (χ2n) is 5.10. The molecule has 0 spiro atoms. The smallest absolute Gasteiger partial charge is 0.311 e. The van der Waals surface area contributed by atoms with Crippen LogP contribution in [-0.2, 0) is 10.5 Å². The van der Waals surface area contributed by atoms with Crippen LogP contribution in [0.3, 0.4) is 0 Å². The second kappa shape index (κ2) is 9.79. The molecule has 0 atom stereocenters. The highest BCUT2D eigenvalue weighted by atomic mass is 35.5. The van der Waals surface area contributed by atoms with Gasteiger partial charge in [-0.1, -0.05) is 23.7 Å². The van der Waals surface area contributed by atoms with Crippen molar-refractivity contribution < 1.29 is 14.5 Å². The molecule has 0 unspecified atom stereocenters. The Kier molecular flexibility index (Phi) is 7.43. The number of rotatable bonds is 8. The Morgan fingerprint density at radius 1 is 1.38 bits per heavy atom. The normalized spacial score (nSPS) is 10.7. The Hall–Kier alpha value is -2.58. The third kappa shape index (κ3) is 6.05. The predicted molar refractivity (Wildman–Crippen MR) is 103 cm³/mol. The van der Waals surface area contributed by atoms with Gasteiger partial charge in [0.15, 0.2) is 5.75 Å². The van der Waals surface area contributed by atoms with Crippen LogP contribution in [0.5, 0.6) is 5.75 Å². The van der Waals surface area contributed by atoms with Gasteiger partial charge in [0.1, 0.15) is 0 Å². The van der Waals surface area contributed by atoms with Crippen molar-refractivity contribution in [3.05, 3.63) is 68.7 Å². The van der Waals surface area contributed by atoms with Gasteiger partial charge in [-0.2, -0.15) is 5.10 Å². The van der Waals surface area contributed by atoms with Crippen LogP contribution in [0.2, 0.25) is 5.02 Å². The van der Waals surface area contributed by atoms with E-state index in [4.69, 9.17) is 16.3 Å². The largest absolute Gasteiger partial charge is 0.490 e. The molecule has 0 saturated heterocycles. The average molecular weight is 394 g/mol. The number of methoxy groups -OCH3 is 1. The first-order chi connectivity index (χ1) is 12.5. The van der Waals surface area contributed by atoms with Crippen LogP contribution in [0.25, 0.3) is 0 Å². The number of hydrogen-bond acceptors (Lipinski definition) is 6. The number of nitrogens with one attached hydrogen (secondary N) is 1. The molecule has 1 amide bonds. The van der Waals surface area contributed by atoms with E-state index >= 15 is 0 Å². The lowest BCUT2D eigenvalue weighted by molar-refractivity contribution is -0.385. The first-order valence-electron chi connectivity index (χ1n) is 7.46. The molecule has 7 nitrogen and oxygen atoms in total. The van der Waals surface area contributed by atoms with Crippen molar-refractivity contribution in [2.45, 2.75) is 5.75 Å². The fourth-order valence-electron chi connectivity index (χ4n) is 2.03. The number of halogens is 1. The minimum Gasteiger partial charge on any atom is -0.490 e. The van der Waals surface area contributed by atoms with Crippen molar-refractivity contribution in [3.63, 3.8) is 0 Å². The summed E-state index contributed by atoms with van der Waals surface area (Å²) in [6, 6.07) is 11.8. The van der Waals surface area contributed by atoms with E-state index in [2.05, 4.69) is 10.5 Å². The molecule has 0 aromatic heterocycles. The average Bonchev–Trinajstić information content (AvgIpc) is 2.61. The highest BCUT2D eigenvalue weighted by molar-refractivity contribution is 7.99. The monoisotopic (exact) mass is 393 g/mol. The van der Waals surface area contributed by atoms with Crippen LogP contribution in [-0.4, -0.2) is 29.9 Å². The Labute approximate surface area is 159 Å². The van der Waals surface area contributed by atoms with E-state index < -0.39 is 4.92 Å². The molecular formula is C17H16ClN3O4S. The lowest BCUT2D eigenvalue weighted by atomic mass is 10.2. The van der Waals surface area contributed by atoms with Gasteiger partial charge in [0.25, 0.3) is 0 Å². The van der Waals surface area contributed by atoms with Gasteiger partial charge in [-0.15, -0.1) is 11.8 Å². The number of carbonyl (C=O) groups excluding carboxylic acids is 1. The third-order valence-electron chi connectivity index (χ3n) is 3.19. The summed E-state index contributed by atoms with van der Waals surface area (Å²) in [6.45, 7) is 0. The van der Waals surface area contributed by atoms with Crippen LogP contribution < -0.4 is 10.2 Å². The molecule has 136 valence electrons. The van der Waals surface area contributed by atoms with E-state index in [-0.39, 0.29) is 23.1 Å². The summed E-state index contributed by atoms with van der Waals surface area (Å²) in [4.78, 5) is 22.2. The summed E-state index contributed by atoms with van der Waals surface area (Å²) in [5.74, 6) is 0.777. The van der Waals surface area contributed by atoms with Gasteiger partial charge >= 0.3 is 5.69 Å². The SMILES string of the molecule is COc1ccc(/C=N/NC(=O)CSCc2cccc(Cl)c2)cc1[N+](=O)[O-]. The molecule has 1 N–H and O–H groups in total. The molecule has 2 rings (SSSR count).